The summed E-state index contributed by atoms with van der Waals surface area (Å²) in [7, 11) is 0. The molecule has 416 valence electrons. The first-order chi connectivity index (χ1) is 35.0. The molecule has 0 aliphatic carbocycles. The van der Waals surface area contributed by atoms with E-state index in [1.807, 2.05) is 0 Å². The first-order valence-electron chi connectivity index (χ1n) is 31.5. The van der Waals surface area contributed by atoms with Crippen molar-refractivity contribution in [1.82, 2.24) is 0 Å². The fraction of sp³-hybridized carbons (Fsp3) is 0.862. The van der Waals surface area contributed by atoms with E-state index in [2.05, 4.69) is 57.2 Å². The van der Waals surface area contributed by atoms with Crippen molar-refractivity contribution >= 4 is 17.9 Å². The molecule has 6 nitrogen and oxygen atoms in total. The van der Waals surface area contributed by atoms with E-state index in [1.54, 1.807) is 0 Å². The van der Waals surface area contributed by atoms with Crippen LogP contribution >= 0.6 is 0 Å². The van der Waals surface area contributed by atoms with Crippen LogP contribution in [0.25, 0.3) is 0 Å². The number of unbranched alkanes of at least 4 members (excludes halogenated alkanes) is 41. The third-order valence-corrected chi connectivity index (χ3v) is 14.1. The average Bonchev–Trinajstić information content (AvgIpc) is 3.37. The normalized spacial score (nSPS) is 12.2. The SMILES string of the molecule is CCCCCCC/C=C\CCCCCCCC(=O)OCC(COC(=O)CCCCCCCCCCCCC/C=C\CCCCCCCCCC)OC(=O)CCCCCCC/C=C\CCCCCCCCC. The zero-order valence-corrected chi connectivity index (χ0v) is 47.8. The molecule has 0 spiro atoms. The minimum atomic E-state index is -0.779. The first-order valence-corrected chi connectivity index (χ1v) is 31.5. The zero-order valence-electron chi connectivity index (χ0n) is 47.8. The smallest absolute Gasteiger partial charge is 0.306 e. The third-order valence-electron chi connectivity index (χ3n) is 14.1. The Labute approximate surface area is 442 Å². The molecule has 0 N–H and O–H groups in total. The molecule has 71 heavy (non-hydrogen) atoms. The van der Waals surface area contributed by atoms with Gasteiger partial charge in [0.1, 0.15) is 13.2 Å². The molecular formula is C65H120O6. The molecule has 0 aromatic carbocycles. The number of esters is 3. The topological polar surface area (TPSA) is 78.9 Å². The van der Waals surface area contributed by atoms with Crippen LogP contribution < -0.4 is 0 Å². The van der Waals surface area contributed by atoms with Gasteiger partial charge in [0.15, 0.2) is 6.10 Å². The molecule has 0 heterocycles. The van der Waals surface area contributed by atoms with Gasteiger partial charge in [-0.05, 0) is 96.3 Å². The molecule has 6 heteroatoms. The lowest BCUT2D eigenvalue weighted by molar-refractivity contribution is -0.167. The van der Waals surface area contributed by atoms with Gasteiger partial charge in [0.2, 0.25) is 0 Å². The molecule has 0 aromatic heterocycles. The summed E-state index contributed by atoms with van der Waals surface area (Å²) in [5.74, 6) is -0.874. The Morgan fingerprint density at radius 2 is 0.465 bits per heavy atom. The Hall–Kier alpha value is -2.37. The van der Waals surface area contributed by atoms with Crippen LogP contribution in [0, 0.1) is 0 Å². The molecule has 1 unspecified atom stereocenters. The van der Waals surface area contributed by atoms with Gasteiger partial charge in [0.25, 0.3) is 0 Å². The van der Waals surface area contributed by atoms with Crippen molar-refractivity contribution < 1.29 is 28.6 Å². The highest BCUT2D eigenvalue weighted by Crippen LogP contribution is 2.16. The lowest BCUT2D eigenvalue weighted by Gasteiger charge is -2.18. The fourth-order valence-electron chi connectivity index (χ4n) is 9.31. The lowest BCUT2D eigenvalue weighted by atomic mass is 10.0. The second kappa shape index (κ2) is 60.2. The van der Waals surface area contributed by atoms with Crippen molar-refractivity contribution in [2.75, 3.05) is 13.2 Å². The lowest BCUT2D eigenvalue weighted by Crippen LogP contribution is -2.30. The summed E-state index contributed by atoms with van der Waals surface area (Å²) in [4.78, 5) is 38.2. The number of rotatable bonds is 58. The second-order valence-electron chi connectivity index (χ2n) is 21.3. The van der Waals surface area contributed by atoms with Gasteiger partial charge in [-0.15, -0.1) is 0 Å². The van der Waals surface area contributed by atoms with Gasteiger partial charge < -0.3 is 14.2 Å². The largest absolute Gasteiger partial charge is 0.462 e. The standard InChI is InChI=1S/C65H120O6/c1-4-7-10-13-16-19-22-25-28-30-31-32-33-34-35-36-38-40-43-46-49-52-55-58-64(67)70-61-62(60-69-63(66)57-54-51-48-45-42-39-27-24-21-18-15-12-9-6-3)71-65(68)59-56-53-50-47-44-41-37-29-26-23-20-17-14-11-8-5-2/h24,27,29-31,37,62H,4-23,25-26,28,32-36,38-61H2,1-3H3/b27-24-,31-30-,37-29-. The van der Waals surface area contributed by atoms with Crippen LogP contribution in [-0.2, 0) is 28.6 Å². The maximum absolute atomic E-state index is 12.9. The van der Waals surface area contributed by atoms with Crippen molar-refractivity contribution in [1.29, 1.82) is 0 Å². The number of ether oxygens (including phenoxy) is 3. The van der Waals surface area contributed by atoms with E-state index in [4.69, 9.17) is 14.2 Å². The fourth-order valence-corrected chi connectivity index (χ4v) is 9.31. The van der Waals surface area contributed by atoms with Gasteiger partial charge >= 0.3 is 17.9 Å². The highest BCUT2D eigenvalue weighted by molar-refractivity contribution is 5.71. The Balaban J connectivity index is 4.29. The van der Waals surface area contributed by atoms with E-state index in [1.165, 1.54) is 231 Å². The Kier molecular flexibility index (Phi) is 58.2. The van der Waals surface area contributed by atoms with Crippen molar-refractivity contribution in [3.63, 3.8) is 0 Å². The van der Waals surface area contributed by atoms with Crippen LogP contribution in [0.2, 0.25) is 0 Å². The maximum atomic E-state index is 12.9. The zero-order chi connectivity index (χ0) is 51.4. The van der Waals surface area contributed by atoms with Crippen molar-refractivity contribution in [2.45, 2.75) is 348 Å². The molecule has 0 rings (SSSR count). The Morgan fingerprint density at radius 3 is 0.704 bits per heavy atom. The Morgan fingerprint density at radius 1 is 0.268 bits per heavy atom. The minimum Gasteiger partial charge on any atom is -0.462 e. The number of hydrogen-bond acceptors (Lipinski definition) is 6. The molecule has 0 aliphatic heterocycles. The molecule has 0 amide bonds. The molecule has 1 atom stereocenters. The van der Waals surface area contributed by atoms with Crippen LogP contribution in [0.5, 0.6) is 0 Å². The highest BCUT2D eigenvalue weighted by Gasteiger charge is 2.19. The predicted octanol–water partition coefficient (Wildman–Crippen LogP) is 21.2. The van der Waals surface area contributed by atoms with E-state index in [0.717, 1.165) is 70.6 Å². The molecule has 0 radical (unpaired) electrons. The molecule has 0 aromatic rings. The van der Waals surface area contributed by atoms with E-state index in [0.29, 0.717) is 19.3 Å². The van der Waals surface area contributed by atoms with E-state index in [-0.39, 0.29) is 31.1 Å². The van der Waals surface area contributed by atoms with Gasteiger partial charge in [-0.3, -0.25) is 14.4 Å². The van der Waals surface area contributed by atoms with Crippen LogP contribution in [-0.4, -0.2) is 37.2 Å². The number of carbonyl (C=O) groups is 3. The summed E-state index contributed by atoms with van der Waals surface area (Å²) in [6.45, 7) is 6.66. The monoisotopic (exact) mass is 997 g/mol. The number of hydrogen-bond donors (Lipinski definition) is 0. The molecule has 0 bridgehead atoms. The van der Waals surface area contributed by atoms with Crippen molar-refractivity contribution in [2.24, 2.45) is 0 Å². The predicted molar refractivity (Wildman–Crippen MR) is 307 cm³/mol. The van der Waals surface area contributed by atoms with Gasteiger partial charge in [0, 0.05) is 19.3 Å². The van der Waals surface area contributed by atoms with E-state index in [9.17, 15) is 14.4 Å². The summed E-state index contributed by atoms with van der Waals surface area (Å²) in [5, 5.41) is 0. The van der Waals surface area contributed by atoms with Gasteiger partial charge in [-0.2, -0.15) is 0 Å². The van der Waals surface area contributed by atoms with Gasteiger partial charge in [-0.1, -0.05) is 263 Å². The summed E-state index contributed by atoms with van der Waals surface area (Å²) >= 11 is 0. The molecule has 0 fully saturated rings. The first kappa shape index (κ1) is 68.6. The number of allylic oxidation sites excluding steroid dienone is 6. The molecular weight excluding hydrogens is 877 g/mol. The summed E-state index contributed by atoms with van der Waals surface area (Å²) in [6, 6.07) is 0. The average molecular weight is 998 g/mol. The van der Waals surface area contributed by atoms with Gasteiger partial charge in [0.05, 0.1) is 0 Å². The molecule has 0 saturated heterocycles. The minimum absolute atomic E-state index is 0.0757. The Bertz CT molecular complexity index is 1190. The van der Waals surface area contributed by atoms with Crippen LogP contribution in [0.15, 0.2) is 36.5 Å². The van der Waals surface area contributed by atoms with Gasteiger partial charge in [-0.25, -0.2) is 0 Å². The summed E-state index contributed by atoms with van der Waals surface area (Å²) < 4.78 is 16.9. The summed E-state index contributed by atoms with van der Waals surface area (Å²) in [6.07, 6.45) is 72.9. The van der Waals surface area contributed by atoms with Crippen LogP contribution in [0.4, 0.5) is 0 Å². The maximum Gasteiger partial charge on any atom is 0.306 e. The van der Waals surface area contributed by atoms with E-state index >= 15 is 0 Å². The third kappa shape index (κ3) is 58.4. The van der Waals surface area contributed by atoms with Crippen LogP contribution in [0.1, 0.15) is 342 Å². The van der Waals surface area contributed by atoms with Crippen molar-refractivity contribution in [3.8, 4) is 0 Å². The highest BCUT2D eigenvalue weighted by atomic mass is 16.6. The van der Waals surface area contributed by atoms with Crippen molar-refractivity contribution in [3.05, 3.63) is 36.5 Å². The summed E-state index contributed by atoms with van der Waals surface area (Å²) in [5.41, 5.74) is 0. The molecule has 0 aliphatic rings. The molecule has 0 saturated carbocycles. The van der Waals surface area contributed by atoms with Crippen LogP contribution in [0.3, 0.4) is 0 Å². The number of carbonyl (C=O) groups excluding carboxylic acids is 3. The van der Waals surface area contributed by atoms with E-state index < -0.39 is 6.10 Å². The second-order valence-corrected chi connectivity index (χ2v) is 21.3. The quantitative estimate of drug-likeness (QED) is 0.0261.